The van der Waals surface area contributed by atoms with Crippen molar-refractivity contribution in [3.63, 3.8) is 0 Å². The molecule has 1 aromatic carbocycles. The summed E-state index contributed by atoms with van der Waals surface area (Å²) in [6.07, 6.45) is 5.93. The van der Waals surface area contributed by atoms with Crippen molar-refractivity contribution in [3.05, 3.63) is 48.8 Å². The zero-order valence-electron chi connectivity index (χ0n) is 14.7. The Morgan fingerprint density at radius 2 is 1.81 bits per heavy atom. The Balaban J connectivity index is 1.74. The summed E-state index contributed by atoms with van der Waals surface area (Å²) in [7, 11) is -3.74. The Labute approximate surface area is 157 Å². The number of pyridine rings is 1. The van der Waals surface area contributed by atoms with Gasteiger partial charge in [0.05, 0.1) is 28.6 Å². The molecular formula is C19H22N4O3S. The van der Waals surface area contributed by atoms with E-state index in [1.165, 1.54) is 16.4 Å². The number of hydrogen-bond donors (Lipinski definition) is 3. The minimum Gasteiger partial charge on any atom is -0.396 e. The first-order valence-corrected chi connectivity index (χ1v) is 10.4. The first-order chi connectivity index (χ1) is 13.0. The van der Waals surface area contributed by atoms with Crippen LogP contribution >= 0.6 is 0 Å². The molecule has 4 N–H and O–H groups in total. The number of benzene rings is 1. The zero-order chi connectivity index (χ0) is 19.0. The molecular weight excluding hydrogens is 364 g/mol. The monoisotopic (exact) mass is 386 g/mol. The molecule has 8 heteroatoms. The molecule has 3 aromatic rings. The second-order valence-corrected chi connectivity index (χ2v) is 8.72. The van der Waals surface area contributed by atoms with E-state index in [4.69, 9.17) is 5.73 Å². The zero-order valence-corrected chi connectivity index (χ0v) is 15.6. The van der Waals surface area contributed by atoms with Crippen molar-refractivity contribution in [2.75, 3.05) is 11.1 Å². The largest absolute Gasteiger partial charge is 0.396 e. The summed E-state index contributed by atoms with van der Waals surface area (Å²) in [6, 6.07) is 10.2. The number of nitrogens with one attached hydrogen (secondary N) is 1. The van der Waals surface area contributed by atoms with Crippen LogP contribution in [0.1, 0.15) is 25.7 Å². The highest BCUT2D eigenvalue weighted by Crippen LogP contribution is 2.33. The molecule has 0 bridgehead atoms. The first kappa shape index (κ1) is 17.8. The molecule has 0 aliphatic heterocycles. The lowest BCUT2D eigenvalue weighted by Crippen LogP contribution is -2.28. The molecule has 2 aromatic heterocycles. The number of aromatic nitrogens is 2. The van der Waals surface area contributed by atoms with Gasteiger partial charge in [0, 0.05) is 17.6 Å². The van der Waals surface area contributed by atoms with Gasteiger partial charge in [-0.05, 0) is 43.9 Å². The summed E-state index contributed by atoms with van der Waals surface area (Å²) in [6.45, 7) is 0. The highest BCUT2D eigenvalue weighted by molar-refractivity contribution is 7.90. The lowest BCUT2D eigenvalue weighted by Gasteiger charge is -2.27. The Morgan fingerprint density at radius 3 is 2.52 bits per heavy atom. The van der Waals surface area contributed by atoms with Crippen molar-refractivity contribution in [2.24, 2.45) is 0 Å². The number of hydrogen-bond acceptors (Lipinski definition) is 6. The SMILES string of the molecule is Nc1cnc2c(ccn2S(=O)(=O)c2ccccc2)c1NC1CCC(O)CC1. The van der Waals surface area contributed by atoms with Gasteiger partial charge in [-0.15, -0.1) is 0 Å². The molecule has 2 heterocycles. The van der Waals surface area contributed by atoms with Crippen LogP contribution in [-0.4, -0.2) is 34.6 Å². The van der Waals surface area contributed by atoms with Gasteiger partial charge in [0.15, 0.2) is 5.65 Å². The Bertz CT molecular complexity index is 1060. The maximum Gasteiger partial charge on any atom is 0.269 e. The van der Waals surface area contributed by atoms with E-state index in [0.717, 1.165) is 25.7 Å². The van der Waals surface area contributed by atoms with Crippen LogP contribution in [-0.2, 0) is 10.0 Å². The van der Waals surface area contributed by atoms with Crippen LogP contribution in [0.3, 0.4) is 0 Å². The summed E-state index contributed by atoms with van der Waals surface area (Å²) in [5, 5.41) is 13.8. The Kier molecular flexibility index (Phi) is 4.53. The molecule has 0 amide bonds. The molecule has 4 rings (SSSR count). The number of nitrogens with zero attached hydrogens (tertiary/aromatic N) is 2. The molecule has 142 valence electrons. The van der Waals surface area contributed by atoms with Gasteiger partial charge in [-0.25, -0.2) is 17.4 Å². The van der Waals surface area contributed by atoms with Crippen LogP contribution in [0.2, 0.25) is 0 Å². The number of nitrogen functional groups attached to an aromatic ring is 1. The fourth-order valence-electron chi connectivity index (χ4n) is 3.56. The molecule has 1 aliphatic carbocycles. The number of aliphatic hydroxyl groups is 1. The van der Waals surface area contributed by atoms with Crippen molar-refractivity contribution in [2.45, 2.75) is 42.7 Å². The molecule has 0 atom stereocenters. The van der Waals surface area contributed by atoms with E-state index >= 15 is 0 Å². The van der Waals surface area contributed by atoms with E-state index in [1.54, 1.807) is 36.4 Å². The van der Waals surface area contributed by atoms with Crippen LogP contribution < -0.4 is 11.1 Å². The third-order valence-corrected chi connectivity index (χ3v) is 6.74. The Hall–Kier alpha value is -2.58. The van der Waals surface area contributed by atoms with Gasteiger partial charge in [-0.1, -0.05) is 18.2 Å². The predicted molar refractivity (Wildman–Crippen MR) is 105 cm³/mol. The molecule has 1 aliphatic rings. The molecule has 0 saturated heterocycles. The lowest BCUT2D eigenvalue weighted by atomic mass is 9.93. The van der Waals surface area contributed by atoms with Crippen molar-refractivity contribution < 1.29 is 13.5 Å². The standard InChI is InChI=1S/C19H22N4O3S/c20-17-12-21-19-16(18(17)22-13-6-8-14(24)9-7-13)10-11-23(19)27(25,26)15-4-2-1-3-5-15/h1-5,10-14,24H,6-9,20H2,(H,21,22). The van der Waals surface area contributed by atoms with E-state index in [0.29, 0.717) is 22.4 Å². The van der Waals surface area contributed by atoms with Crippen LogP contribution in [0.15, 0.2) is 53.7 Å². The van der Waals surface area contributed by atoms with Crippen molar-refractivity contribution in [3.8, 4) is 0 Å². The smallest absolute Gasteiger partial charge is 0.269 e. The second kappa shape index (κ2) is 6.86. The van der Waals surface area contributed by atoms with Crippen LogP contribution in [0.5, 0.6) is 0 Å². The van der Waals surface area contributed by atoms with Crippen LogP contribution in [0.25, 0.3) is 11.0 Å². The number of rotatable bonds is 4. The van der Waals surface area contributed by atoms with Crippen LogP contribution in [0.4, 0.5) is 11.4 Å². The third kappa shape index (κ3) is 3.26. The lowest BCUT2D eigenvalue weighted by molar-refractivity contribution is 0.126. The van der Waals surface area contributed by atoms with Crippen LogP contribution in [0, 0.1) is 0 Å². The summed E-state index contributed by atoms with van der Waals surface area (Å²) in [5.74, 6) is 0. The molecule has 1 saturated carbocycles. The highest BCUT2D eigenvalue weighted by Gasteiger charge is 2.24. The fraction of sp³-hybridized carbons (Fsp3) is 0.316. The second-order valence-electron chi connectivity index (χ2n) is 6.91. The molecule has 27 heavy (non-hydrogen) atoms. The Morgan fingerprint density at radius 1 is 1.11 bits per heavy atom. The van der Waals surface area contributed by atoms with Crippen molar-refractivity contribution >= 4 is 32.4 Å². The van der Waals surface area contributed by atoms with E-state index in [9.17, 15) is 13.5 Å². The quantitative estimate of drug-likeness (QED) is 0.636. The van der Waals surface area contributed by atoms with E-state index in [-0.39, 0.29) is 17.0 Å². The summed E-state index contributed by atoms with van der Waals surface area (Å²) >= 11 is 0. The van der Waals surface area contributed by atoms with Gasteiger partial charge in [-0.2, -0.15) is 0 Å². The number of nitrogens with two attached hydrogens (primary N) is 1. The average molecular weight is 386 g/mol. The average Bonchev–Trinajstić information content (AvgIpc) is 3.11. The van der Waals surface area contributed by atoms with Gasteiger partial charge in [0.1, 0.15) is 0 Å². The first-order valence-electron chi connectivity index (χ1n) is 8.97. The number of anilines is 2. The van der Waals surface area contributed by atoms with Crippen molar-refractivity contribution in [1.29, 1.82) is 0 Å². The molecule has 0 unspecified atom stereocenters. The summed E-state index contributed by atoms with van der Waals surface area (Å²) in [4.78, 5) is 4.48. The van der Waals surface area contributed by atoms with Gasteiger partial charge < -0.3 is 16.2 Å². The number of fused-ring (bicyclic) bond motifs is 1. The van der Waals surface area contributed by atoms with Crippen molar-refractivity contribution in [1.82, 2.24) is 8.96 Å². The summed E-state index contributed by atoms with van der Waals surface area (Å²) in [5.41, 5.74) is 7.64. The normalized spacial score (nSPS) is 20.6. The molecule has 0 radical (unpaired) electrons. The topological polar surface area (TPSA) is 110 Å². The van der Waals surface area contributed by atoms with Gasteiger partial charge in [0.2, 0.25) is 0 Å². The maximum atomic E-state index is 13.0. The fourth-order valence-corrected chi connectivity index (χ4v) is 4.89. The van der Waals surface area contributed by atoms with Gasteiger partial charge >= 0.3 is 0 Å². The minimum absolute atomic E-state index is 0.190. The van der Waals surface area contributed by atoms with Gasteiger partial charge in [0.25, 0.3) is 10.0 Å². The van der Waals surface area contributed by atoms with E-state index < -0.39 is 10.0 Å². The molecule has 0 spiro atoms. The van der Waals surface area contributed by atoms with E-state index in [1.807, 2.05) is 0 Å². The molecule has 7 nitrogen and oxygen atoms in total. The predicted octanol–water partition coefficient (Wildman–Crippen LogP) is 2.57. The third-order valence-electron chi connectivity index (χ3n) is 5.06. The number of aliphatic hydroxyl groups excluding tert-OH is 1. The highest BCUT2D eigenvalue weighted by atomic mass is 32.2. The maximum absolute atomic E-state index is 13.0. The summed E-state index contributed by atoms with van der Waals surface area (Å²) < 4.78 is 27.1. The molecule has 1 fully saturated rings. The van der Waals surface area contributed by atoms with Gasteiger partial charge in [-0.3, -0.25) is 0 Å². The minimum atomic E-state index is -3.74. The van der Waals surface area contributed by atoms with E-state index in [2.05, 4.69) is 10.3 Å².